The number of H-pyrrole nitrogens is 1. The van der Waals surface area contributed by atoms with E-state index in [1.807, 2.05) is 46.1 Å². The summed E-state index contributed by atoms with van der Waals surface area (Å²) in [5.74, 6) is 1.25. The zero-order valence-corrected chi connectivity index (χ0v) is 15.6. The largest absolute Gasteiger partial charge is 0.356 e. The minimum atomic E-state index is -0.724. The summed E-state index contributed by atoms with van der Waals surface area (Å²) >= 11 is 0. The highest BCUT2D eigenvalue weighted by Crippen LogP contribution is 2.26. The Kier molecular flexibility index (Phi) is 4.88. The van der Waals surface area contributed by atoms with E-state index < -0.39 is 5.54 Å². The number of nitrogens with zero attached hydrogens (tertiary/aromatic N) is 4. The summed E-state index contributed by atoms with van der Waals surface area (Å²) in [6, 6.07) is 5.65. The van der Waals surface area contributed by atoms with Gasteiger partial charge in [0.1, 0.15) is 17.0 Å². The monoisotopic (exact) mass is 354 g/mol. The first-order valence-corrected chi connectivity index (χ1v) is 8.77. The zero-order chi connectivity index (χ0) is 18.7. The number of fused-ring (bicyclic) bond motifs is 1. The molecule has 0 bridgehead atoms. The number of anilines is 1. The van der Waals surface area contributed by atoms with Crippen molar-refractivity contribution in [3.05, 3.63) is 36.8 Å². The Hall–Kier alpha value is -2.96. The maximum absolute atomic E-state index is 12.7. The van der Waals surface area contributed by atoms with Crippen LogP contribution in [0.25, 0.3) is 22.4 Å². The second-order valence-corrected chi connectivity index (χ2v) is 6.50. The molecule has 3 aromatic heterocycles. The Morgan fingerprint density at radius 1 is 1.31 bits per heavy atom. The smallest absolute Gasteiger partial charge is 0.247 e. The minimum Gasteiger partial charge on any atom is -0.356 e. The van der Waals surface area contributed by atoms with Gasteiger partial charge in [-0.25, -0.2) is 15.0 Å². The van der Waals surface area contributed by atoms with Crippen molar-refractivity contribution >= 4 is 22.8 Å². The molecule has 7 nitrogen and oxygen atoms in total. The number of carbonyl (C=O) groups excluding carboxylic acids is 1. The van der Waals surface area contributed by atoms with Gasteiger partial charge in [-0.2, -0.15) is 0 Å². The van der Waals surface area contributed by atoms with E-state index in [2.05, 4.69) is 25.3 Å². The highest BCUT2D eigenvalue weighted by atomic mass is 16.2. The molecule has 1 amide bonds. The van der Waals surface area contributed by atoms with Crippen LogP contribution >= 0.6 is 0 Å². The molecule has 0 unspecified atom stereocenters. The third-order valence-corrected chi connectivity index (χ3v) is 4.75. The quantitative estimate of drug-likeness (QED) is 0.709. The van der Waals surface area contributed by atoms with Gasteiger partial charge >= 0.3 is 0 Å². The third kappa shape index (κ3) is 3.24. The van der Waals surface area contributed by atoms with Gasteiger partial charge in [-0.1, -0.05) is 6.92 Å². The Morgan fingerprint density at radius 3 is 2.85 bits per heavy atom. The van der Waals surface area contributed by atoms with Gasteiger partial charge in [0.25, 0.3) is 0 Å². The summed E-state index contributed by atoms with van der Waals surface area (Å²) in [6.45, 7) is 6.51. The van der Waals surface area contributed by atoms with Crippen molar-refractivity contribution in [1.82, 2.24) is 24.8 Å². The van der Waals surface area contributed by atoms with Gasteiger partial charge in [-0.05, 0) is 38.5 Å². The average Bonchev–Trinajstić information content (AvgIpc) is 3.11. The molecule has 3 aromatic rings. The van der Waals surface area contributed by atoms with Crippen molar-refractivity contribution in [2.24, 2.45) is 0 Å². The number of hydrogen-bond donors (Lipinski definition) is 2. The molecular weight excluding hydrogens is 328 g/mol. The molecule has 0 radical (unpaired) electrons. The van der Waals surface area contributed by atoms with E-state index in [4.69, 9.17) is 0 Å². The number of pyridine rings is 1. The van der Waals surface area contributed by atoms with E-state index in [-0.39, 0.29) is 7.33 Å². The summed E-state index contributed by atoms with van der Waals surface area (Å²) in [7, 11) is 1.81. The molecule has 26 heavy (non-hydrogen) atoms. The number of aromatic amines is 1. The summed E-state index contributed by atoms with van der Waals surface area (Å²) in [4.78, 5) is 30.9. The number of rotatable bonds is 6. The van der Waals surface area contributed by atoms with Crippen molar-refractivity contribution in [1.29, 1.82) is 0 Å². The molecule has 0 saturated heterocycles. The first-order chi connectivity index (χ1) is 12.5. The Labute approximate surface area is 154 Å². The van der Waals surface area contributed by atoms with Crippen molar-refractivity contribution < 1.29 is 6.22 Å². The van der Waals surface area contributed by atoms with E-state index in [1.165, 1.54) is 0 Å². The van der Waals surface area contributed by atoms with Crippen LogP contribution in [0.4, 0.5) is 5.82 Å². The molecule has 7 heteroatoms. The van der Waals surface area contributed by atoms with Crippen LogP contribution in [0.3, 0.4) is 0 Å². The molecule has 0 aliphatic heterocycles. The fourth-order valence-corrected chi connectivity index (χ4v) is 2.84. The molecule has 0 aliphatic carbocycles. The second-order valence-electron chi connectivity index (χ2n) is 6.50. The second kappa shape index (κ2) is 7.11. The van der Waals surface area contributed by atoms with Gasteiger partial charge in [0.05, 0.1) is 0 Å². The molecular formula is C19H26N6O. The maximum atomic E-state index is 12.7. The van der Waals surface area contributed by atoms with Gasteiger partial charge < -0.3 is 15.2 Å². The number of aromatic nitrogens is 4. The minimum absolute atomic E-state index is 0. The predicted molar refractivity (Wildman–Crippen MR) is 105 cm³/mol. The number of hydrogen-bond acceptors (Lipinski definition) is 5. The number of carbonyl (C=O) groups is 1. The summed E-state index contributed by atoms with van der Waals surface area (Å²) in [6.07, 6.45) is 5.94. The zero-order valence-electron chi connectivity index (χ0n) is 15.6. The average molecular weight is 354 g/mol. The number of nitrogens with one attached hydrogen (secondary N) is 2. The Bertz CT molecular complexity index is 927. The van der Waals surface area contributed by atoms with E-state index in [1.54, 1.807) is 23.4 Å². The molecule has 2 N–H and O–H groups in total. The van der Waals surface area contributed by atoms with Gasteiger partial charge in [-0.3, -0.25) is 4.79 Å². The first-order valence-electron chi connectivity index (χ1n) is 8.77. The molecule has 1 atom stereocenters. The highest BCUT2D eigenvalue weighted by molar-refractivity contribution is 5.92. The number of likely N-dealkylation sites (N-methyl/N-ethyl adjacent to an activating group) is 1. The lowest BCUT2D eigenvalue weighted by Gasteiger charge is -2.32. The van der Waals surface area contributed by atoms with E-state index in [9.17, 15) is 4.79 Å². The molecule has 0 spiro atoms. The lowest BCUT2D eigenvalue weighted by molar-refractivity contribution is -0.134. The first kappa shape index (κ1) is 17.8. The normalized spacial score (nSPS) is 13.4. The molecule has 3 rings (SSSR count). The van der Waals surface area contributed by atoms with Gasteiger partial charge in [-0.15, -0.1) is 0 Å². The van der Waals surface area contributed by atoms with Crippen LogP contribution in [0, 0.1) is 0 Å². The standard InChI is InChI=1S/C19H24N6O.H2/c1-5-19(3,18(26)25(4)6-2)24-15-9-11-21-17(23-15)14-12-22-16-13(14)8-7-10-20-16;/h7-12H,5-6H2,1-4H3,(H,20,22)(H,21,23,24);1H/t19-;/m0./s1. The Balaban J connectivity index is 0.00000261. The van der Waals surface area contributed by atoms with Crippen LogP contribution in [0.1, 0.15) is 28.6 Å². The highest BCUT2D eigenvalue weighted by Gasteiger charge is 2.33. The van der Waals surface area contributed by atoms with Crippen LogP contribution in [0.15, 0.2) is 36.8 Å². The van der Waals surface area contributed by atoms with Crippen molar-refractivity contribution in [3.63, 3.8) is 0 Å². The lowest BCUT2D eigenvalue weighted by Crippen LogP contribution is -2.50. The van der Waals surface area contributed by atoms with Gasteiger partial charge in [0.2, 0.25) is 5.91 Å². The molecule has 138 valence electrons. The SMILES string of the molecule is CCN(C)C(=O)[C@](C)(CC)Nc1ccnc(-c2c[nH]c3ncccc23)n1.[HH]. The fourth-order valence-electron chi connectivity index (χ4n) is 2.84. The van der Waals surface area contributed by atoms with Crippen molar-refractivity contribution in [3.8, 4) is 11.4 Å². The fraction of sp³-hybridized carbons (Fsp3) is 0.368. The predicted octanol–water partition coefficient (Wildman–Crippen LogP) is 3.32. The summed E-state index contributed by atoms with van der Waals surface area (Å²) in [5, 5.41) is 4.27. The topological polar surface area (TPSA) is 86.8 Å². The molecule has 3 heterocycles. The van der Waals surface area contributed by atoms with E-state index in [0.29, 0.717) is 24.6 Å². The lowest BCUT2D eigenvalue weighted by atomic mass is 9.97. The van der Waals surface area contributed by atoms with Crippen LogP contribution in [0.2, 0.25) is 0 Å². The van der Waals surface area contributed by atoms with Crippen LogP contribution in [0.5, 0.6) is 0 Å². The maximum Gasteiger partial charge on any atom is 0.247 e. The van der Waals surface area contributed by atoms with Gasteiger partial charge in [0.15, 0.2) is 5.82 Å². The summed E-state index contributed by atoms with van der Waals surface area (Å²) < 4.78 is 0. The molecule has 0 saturated carbocycles. The number of amides is 1. The summed E-state index contributed by atoms with van der Waals surface area (Å²) in [5.41, 5.74) is 0.951. The van der Waals surface area contributed by atoms with Crippen LogP contribution in [-0.2, 0) is 4.79 Å². The van der Waals surface area contributed by atoms with Crippen molar-refractivity contribution in [2.75, 3.05) is 18.9 Å². The molecule has 0 aromatic carbocycles. The van der Waals surface area contributed by atoms with Crippen LogP contribution in [-0.4, -0.2) is 49.9 Å². The Morgan fingerprint density at radius 2 is 2.12 bits per heavy atom. The van der Waals surface area contributed by atoms with Gasteiger partial charge in [0, 0.05) is 44.6 Å². The van der Waals surface area contributed by atoms with Crippen molar-refractivity contribution in [2.45, 2.75) is 32.7 Å². The van der Waals surface area contributed by atoms with E-state index in [0.717, 1.165) is 16.6 Å². The van der Waals surface area contributed by atoms with E-state index >= 15 is 0 Å². The third-order valence-electron chi connectivity index (χ3n) is 4.75. The molecule has 0 fully saturated rings. The van der Waals surface area contributed by atoms with Crippen LogP contribution < -0.4 is 5.32 Å². The molecule has 0 aliphatic rings.